The van der Waals surface area contributed by atoms with E-state index in [0.29, 0.717) is 36.6 Å². The van der Waals surface area contributed by atoms with Gasteiger partial charge in [-0.25, -0.2) is 9.37 Å². The zero-order valence-electron chi connectivity index (χ0n) is 20.1. The second-order valence-electron chi connectivity index (χ2n) is 8.75. The van der Waals surface area contributed by atoms with Crippen molar-refractivity contribution in [2.45, 2.75) is 72.3 Å². The van der Waals surface area contributed by atoms with E-state index in [9.17, 15) is 17.6 Å². The van der Waals surface area contributed by atoms with E-state index in [0.717, 1.165) is 31.2 Å². The molecule has 1 aromatic heterocycles. The molecule has 0 unspecified atom stereocenters. The molecule has 0 saturated heterocycles. The number of benzene rings is 2. The van der Waals surface area contributed by atoms with Crippen molar-refractivity contribution in [1.82, 2.24) is 14.5 Å². The molecule has 0 N–H and O–H groups in total. The molecule has 2 aromatic carbocycles. The Labute approximate surface area is 199 Å². The monoisotopic (exact) mass is 475 g/mol. The number of hydrogen-bond donors (Lipinski definition) is 0. The number of halogens is 4. The molecule has 0 aliphatic carbocycles. The quantitative estimate of drug-likeness (QED) is 0.266. The Balaban J connectivity index is 2.05. The van der Waals surface area contributed by atoms with Crippen LogP contribution < -0.4 is 0 Å². The maximum atomic E-state index is 14.2. The van der Waals surface area contributed by atoms with Crippen LogP contribution in [-0.2, 0) is 25.8 Å². The normalized spacial score (nSPS) is 12.0. The summed E-state index contributed by atoms with van der Waals surface area (Å²) in [4.78, 5) is 6.09. The van der Waals surface area contributed by atoms with Gasteiger partial charge >= 0.3 is 6.18 Å². The molecule has 0 aliphatic rings. The first-order valence-corrected chi connectivity index (χ1v) is 11.9. The first kappa shape index (κ1) is 25.9. The number of aromatic nitrogens is 2. The lowest BCUT2D eigenvalue weighted by Crippen LogP contribution is -2.27. The van der Waals surface area contributed by atoms with Crippen molar-refractivity contribution in [3.8, 4) is 11.4 Å². The van der Waals surface area contributed by atoms with Crippen molar-refractivity contribution >= 4 is 0 Å². The molecule has 34 heavy (non-hydrogen) atoms. The summed E-state index contributed by atoms with van der Waals surface area (Å²) in [7, 11) is 0. The highest BCUT2D eigenvalue weighted by molar-refractivity contribution is 5.57. The largest absolute Gasteiger partial charge is 0.435 e. The predicted molar refractivity (Wildman–Crippen MR) is 128 cm³/mol. The Kier molecular flexibility index (Phi) is 8.89. The fraction of sp³-hybridized carbons (Fsp3) is 0.444. The van der Waals surface area contributed by atoms with Gasteiger partial charge in [0, 0.05) is 25.2 Å². The number of aryl methyl sites for hydroxylation is 1. The third-order valence-electron chi connectivity index (χ3n) is 5.95. The number of hydrogen-bond acceptors (Lipinski definition) is 2. The van der Waals surface area contributed by atoms with Crippen LogP contribution in [-0.4, -0.2) is 21.0 Å². The molecule has 1 heterocycles. The summed E-state index contributed by atoms with van der Waals surface area (Å²) in [5.74, 6) is 0.0384. The second-order valence-corrected chi connectivity index (χ2v) is 8.75. The molecule has 7 heteroatoms. The van der Waals surface area contributed by atoms with E-state index < -0.39 is 11.9 Å². The van der Waals surface area contributed by atoms with Gasteiger partial charge in [0.15, 0.2) is 5.69 Å². The van der Waals surface area contributed by atoms with Gasteiger partial charge in [0.2, 0.25) is 0 Å². The van der Waals surface area contributed by atoms with Crippen LogP contribution in [0.2, 0.25) is 0 Å². The Bertz CT molecular complexity index is 1060. The van der Waals surface area contributed by atoms with Gasteiger partial charge in [-0.1, -0.05) is 69.2 Å². The molecule has 0 bridgehead atoms. The minimum absolute atomic E-state index is 0.0912. The predicted octanol–water partition coefficient (Wildman–Crippen LogP) is 7.62. The average Bonchev–Trinajstić information content (AvgIpc) is 3.17. The number of alkyl halides is 3. The fourth-order valence-corrected chi connectivity index (χ4v) is 4.04. The van der Waals surface area contributed by atoms with Gasteiger partial charge in [0.25, 0.3) is 0 Å². The Morgan fingerprint density at radius 2 is 1.65 bits per heavy atom. The highest BCUT2D eigenvalue weighted by atomic mass is 19.4. The smallest absolute Gasteiger partial charge is 0.326 e. The van der Waals surface area contributed by atoms with E-state index >= 15 is 0 Å². The van der Waals surface area contributed by atoms with Gasteiger partial charge in [-0.2, -0.15) is 13.2 Å². The van der Waals surface area contributed by atoms with Crippen LogP contribution in [0.1, 0.15) is 62.0 Å². The molecule has 0 spiro atoms. The van der Waals surface area contributed by atoms with Crippen molar-refractivity contribution in [1.29, 1.82) is 0 Å². The topological polar surface area (TPSA) is 21.1 Å². The molecular weight excluding hydrogens is 442 g/mol. The molecule has 0 saturated carbocycles. The average molecular weight is 476 g/mol. The van der Waals surface area contributed by atoms with E-state index in [-0.39, 0.29) is 18.1 Å². The highest BCUT2D eigenvalue weighted by Gasteiger charge is 2.39. The third kappa shape index (κ3) is 6.47. The minimum Gasteiger partial charge on any atom is -0.326 e. The number of rotatable bonds is 11. The summed E-state index contributed by atoms with van der Waals surface area (Å²) < 4.78 is 58.4. The zero-order valence-corrected chi connectivity index (χ0v) is 20.1. The molecular formula is C27H33F4N3. The molecule has 0 atom stereocenters. The van der Waals surface area contributed by atoms with Crippen LogP contribution in [0, 0.1) is 12.7 Å². The van der Waals surface area contributed by atoms with Crippen LogP contribution in [0.5, 0.6) is 0 Å². The molecule has 0 amide bonds. The summed E-state index contributed by atoms with van der Waals surface area (Å²) in [6, 6.07) is 14.1. The van der Waals surface area contributed by atoms with E-state index in [4.69, 9.17) is 0 Å². The van der Waals surface area contributed by atoms with E-state index in [1.54, 1.807) is 41.8 Å². The maximum absolute atomic E-state index is 14.2. The Hall–Kier alpha value is -2.67. The van der Waals surface area contributed by atoms with Crippen LogP contribution in [0.3, 0.4) is 0 Å². The zero-order chi connectivity index (χ0) is 24.7. The van der Waals surface area contributed by atoms with Gasteiger partial charge in [-0.05, 0) is 43.5 Å². The lowest BCUT2D eigenvalue weighted by atomic mass is 10.1. The van der Waals surface area contributed by atoms with Gasteiger partial charge in [-0.3, -0.25) is 4.90 Å². The van der Waals surface area contributed by atoms with E-state index in [2.05, 4.69) is 4.98 Å². The van der Waals surface area contributed by atoms with Crippen molar-refractivity contribution in [2.24, 2.45) is 0 Å². The molecule has 0 radical (unpaired) electrons. The molecule has 0 aliphatic heterocycles. The Morgan fingerprint density at radius 1 is 0.941 bits per heavy atom. The third-order valence-corrected chi connectivity index (χ3v) is 5.95. The van der Waals surface area contributed by atoms with Crippen LogP contribution >= 0.6 is 0 Å². The van der Waals surface area contributed by atoms with Crippen LogP contribution in [0.4, 0.5) is 17.6 Å². The van der Waals surface area contributed by atoms with E-state index in [1.165, 1.54) is 6.07 Å². The molecule has 0 fully saturated rings. The van der Waals surface area contributed by atoms with Crippen LogP contribution in [0.25, 0.3) is 11.4 Å². The van der Waals surface area contributed by atoms with E-state index in [1.807, 2.05) is 30.9 Å². The summed E-state index contributed by atoms with van der Waals surface area (Å²) in [5, 5.41) is 0. The first-order valence-electron chi connectivity index (χ1n) is 11.9. The van der Waals surface area contributed by atoms with Crippen LogP contribution in [0.15, 0.2) is 48.5 Å². The van der Waals surface area contributed by atoms with Gasteiger partial charge in [0.1, 0.15) is 11.6 Å². The maximum Gasteiger partial charge on any atom is 0.435 e. The summed E-state index contributed by atoms with van der Waals surface area (Å²) in [6.07, 6.45) is -1.21. The van der Waals surface area contributed by atoms with Crippen molar-refractivity contribution in [3.63, 3.8) is 0 Å². The molecule has 184 valence electrons. The first-order chi connectivity index (χ1) is 16.2. The molecule has 3 aromatic rings. The summed E-state index contributed by atoms with van der Waals surface area (Å²) in [5.41, 5.74) is 1.29. The standard InChI is InChI=1S/C27H33F4N3/c1-4-6-15-33(18-21-14-13-20(3)23(28)17-21)19-24-25(27(29,30)31)32-26(34(24)16-7-5-2)22-11-9-8-10-12-22/h8-14,17H,4-7,15-16,18-19H2,1-3H3. The summed E-state index contributed by atoms with van der Waals surface area (Å²) >= 11 is 0. The number of imidazole rings is 1. The van der Waals surface area contributed by atoms with Gasteiger partial charge < -0.3 is 4.57 Å². The Morgan fingerprint density at radius 3 is 2.26 bits per heavy atom. The van der Waals surface area contributed by atoms with Crippen molar-refractivity contribution < 1.29 is 17.6 Å². The molecule has 3 nitrogen and oxygen atoms in total. The summed E-state index contributed by atoms with van der Waals surface area (Å²) in [6.45, 7) is 7.29. The second kappa shape index (κ2) is 11.6. The lowest BCUT2D eigenvalue weighted by Gasteiger charge is -2.24. The fourth-order valence-electron chi connectivity index (χ4n) is 4.04. The van der Waals surface area contributed by atoms with Gasteiger partial charge in [0.05, 0.1) is 5.69 Å². The minimum atomic E-state index is -4.57. The SMILES string of the molecule is CCCCN(Cc1ccc(C)c(F)c1)Cc1c(C(F)(F)F)nc(-c2ccccc2)n1CCCC. The number of unbranched alkanes of at least 4 members (excludes halogenated alkanes) is 2. The molecule has 3 rings (SSSR count). The van der Waals surface area contributed by atoms with Crippen molar-refractivity contribution in [2.75, 3.05) is 6.54 Å². The lowest BCUT2D eigenvalue weighted by molar-refractivity contribution is -0.141. The van der Waals surface area contributed by atoms with Gasteiger partial charge in [-0.15, -0.1) is 0 Å². The highest BCUT2D eigenvalue weighted by Crippen LogP contribution is 2.35. The number of nitrogens with zero attached hydrogens (tertiary/aromatic N) is 3. The van der Waals surface area contributed by atoms with Crippen molar-refractivity contribution in [3.05, 3.63) is 76.9 Å².